The molecule has 0 aliphatic rings. The van der Waals surface area contributed by atoms with Gasteiger partial charge in [0.05, 0.1) is 14.2 Å². The van der Waals surface area contributed by atoms with Crippen LogP contribution in [0.1, 0.15) is 49.9 Å². The van der Waals surface area contributed by atoms with Crippen LogP contribution in [0.5, 0.6) is 11.5 Å². The summed E-state index contributed by atoms with van der Waals surface area (Å²) in [5.74, 6) is 0.670. The van der Waals surface area contributed by atoms with Crippen molar-refractivity contribution in [2.75, 3.05) is 14.2 Å². The first-order valence-corrected chi connectivity index (χ1v) is 7.59. The molecule has 5 nitrogen and oxygen atoms in total. The third-order valence-electron chi connectivity index (χ3n) is 3.45. The number of hydrogen-bond donors (Lipinski definition) is 0. The average molecular weight is 309 g/mol. The lowest BCUT2D eigenvalue weighted by molar-refractivity contribution is -0.219. The SMILES string of the molecule is CCCCC([CH]OOC(=O)c1ccc(OC)cc1OC)CC. The van der Waals surface area contributed by atoms with Gasteiger partial charge in [-0.3, -0.25) is 4.89 Å². The number of unbranched alkanes of at least 4 members (excludes halogenated alkanes) is 1. The van der Waals surface area contributed by atoms with E-state index in [4.69, 9.17) is 19.2 Å². The molecular weight excluding hydrogens is 284 g/mol. The van der Waals surface area contributed by atoms with Crippen molar-refractivity contribution < 1.29 is 24.0 Å². The van der Waals surface area contributed by atoms with Gasteiger partial charge in [-0.25, -0.2) is 4.79 Å². The minimum atomic E-state index is -0.596. The van der Waals surface area contributed by atoms with Crippen LogP contribution in [0, 0.1) is 12.5 Å². The van der Waals surface area contributed by atoms with E-state index >= 15 is 0 Å². The summed E-state index contributed by atoms with van der Waals surface area (Å²) in [4.78, 5) is 21.9. The third kappa shape index (κ3) is 5.56. The molecular formula is C17H25O5. The predicted octanol–water partition coefficient (Wildman–Crippen LogP) is 4.17. The Kier molecular flexibility index (Phi) is 8.36. The van der Waals surface area contributed by atoms with Crippen molar-refractivity contribution in [1.82, 2.24) is 0 Å². The Bertz CT molecular complexity index is 458. The lowest BCUT2D eigenvalue weighted by atomic mass is 10.0. The topological polar surface area (TPSA) is 54.0 Å². The summed E-state index contributed by atoms with van der Waals surface area (Å²) < 4.78 is 10.3. The molecule has 0 bridgehead atoms. The number of methoxy groups -OCH3 is 2. The van der Waals surface area contributed by atoms with E-state index in [9.17, 15) is 4.79 Å². The molecule has 0 amide bonds. The number of ether oxygens (including phenoxy) is 2. The third-order valence-corrected chi connectivity index (χ3v) is 3.45. The second-order valence-corrected chi connectivity index (χ2v) is 4.98. The maximum atomic E-state index is 12.0. The Morgan fingerprint density at radius 1 is 1.23 bits per heavy atom. The van der Waals surface area contributed by atoms with Gasteiger partial charge >= 0.3 is 5.97 Å². The molecule has 5 heteroatoms. The summed E-state index contributed by atoms with van der Waals surface area (Å²) in [5.41, 5.74) is 0.290. The van der Waals surface area contributed by atoms with E-state index in [0.29, 0.717) is 17.1 Å². The summed E-state index contributed by atoms with van der Waals surface area (Å²) in [5, 5.41) is 0. The fraction of sp³-hybridized carbons (Fsp3) is 0.529. The van der Waals surface area contributed by atoms with Crippen molar-refractivity contribution >= 4 is 5.97 Å². The maximum Gasteiger partial charge on any atom is 0.376 e. The minimum Gasteiger partial charge on any atom is -0.497 e. The van der Waals surface area contributed by atoms with Gasteiger partial charge in [0.15, 0.2) is 0 Å². The van der Waals surface area contributed by atoms with Gasteiger partial charge in [0.25, 0.3) is 0 Å². The van der Waals surface area contributed by atoms with Gasteiger partial charge in [-0.1, -0.05) is 33.1 Å². The summed E-state index contributed by atoms with van der Waals surface area (Å²) in [6.07, 6.45) is 4.23. The summed E-state index contributed by atoms with van der Waals surface area (Å²) >= 11 is 0. The van der Waals surface area contributed by atoms with Gasteiger partial charge in [-0.2, -0.15) is 4.89 Å². The molecule has 1 rings (SSSR count). The monoisotopic (exact) mass is 309 g/mol. The van der Waals surface area contributed by atoms with Gasteiger partial charge in [-0.15, -0.1) is 0 Å². The summed E-state index contributed by atoms with van der Waals surface area (Å²) in [6, 6.07) is 4.87. The molecule has 123 valence electrons. The molecule has 0 spiro atoms. The standard InChI is InChI=1S/C17H25O5/c1-5-7-8-13(6-2)12-21-22-17(18)15-10-9-14(19-3)11-16(15)20-4/h9-13H,5-8H2,1-4H3. The van der Waals surface area contributed by atoms with Crippen LogP contribution in [0.15, 0.2) is 18.2 Å². The van der Waals surface area contributed by atoms with Gasteiger partial charge in [0.2, 0.25) is 0 Å². The Labute approximate surface area is 132 Å². The van der Waals surface area contributed by atoms with Crippen molar-refractivity contribution in [3.8, 4) is 11.5 Å². The van der Waals surface area contributed by atoms with Crippen molar-refractivity contribution in [2.45, 2.75) is 39.5 Å². The predicted molar refractivity (Wildman–Crippen MR) is 83.7 cm³/mol. The van der Waals surface area contributed by atoms with E-state index in [1.807, 2.05) is 0 Å². The van der Waals surface area contributed by atoms with E-state index in [-0.39, 0.29) is 5.92 Å². The van der Waals surface area contributed by atoms with Crippen LogP contribution in [0.2, 0.25) is 0 Å². The maximum absolute atomic E-state index is 12.0. The zero-order chi connectivity index (χ0) is 16.4. The van der Waals surface area contributed by atoms with Gasteiger partial charge in [0, 0.05) is 6.07 Å². The highest BCUT2D eigenvalue weighted by Gasteiger charge is 2.17. The molecule has 0 saturated heterocycles. The Morgan fingerprint density at radius 2 is 2.00 bits per heavy atom. The lowest BCUT2D eigenvalue weighted by Crippen LogP contribution is -2.10. The average Bonchev–Trinajstić information content (AvgIpc) is 2.56. The van der Waals surface area contributed by atoms with Crippen molar-refractivity contribution in [3.63, 3.8) is 0 Å². The molecule has 0 aliphatic heterocycles. The molecule has 1 unspecified atom stereocenters. The Balaban J connectivity index is 2.54. The Hall–Kier alpha value is -1.75. The largest absolute Gasteiger partial charge is 0.497 e. The molecule has 0 N–H and O–H groups in total. The molecule has 0 heterocycles. The molecule has 0 fully saturated rings. The smallest absolute Gasteiger partial charge is 0.376 e. The van der Waals surface area contributed by atoms with Crippen molar-refractivity contribution in [3.05, 3.63) is 30.4 Å². The number of benzene rings is 1. The van der Waals surface area contributed by atoms with Crippen LogP contribution in [-0.4, -0.2) is 20.2 Å². The highest BCUT2D eigenvalue weighted by Crippen LogP contribution is 2.25. The normalized spacial score (nSPS) is 11.8. The minimum absolute atomic E-state index is 0.283. The molecule has 1 aromatic carbocycles. The molecule has 1 atom stereocenters. The van der Waals surface area contributed by atoms with E-state index < -0.39 is 5.97 Å². The summed E-state index contributed by atoms with van der Waals surface area (Å²) in [6.45, 7) is 5.81. The first-order chi connectivity index (χ1) is 10.7. The number of rotatable bonds is 10. The first kappa shape index (κ1) is 18.3. The molecule has 0 aliphatic carbocycles. The van der Waals surface area contributed by atoms with Crippen LogP contribution >= 0.6 is 0 Å². The van der Waals surface area contributed by atoms with Crippen LogP contribution < -0.4 is 9.47 Å². The molecule has 22 heavy (non-hydrogen) atoms. The van der Waals surface area contributed by atoms with E-state index in [2.05, 4.69) is 13.8 Å². The second-order valence-electron chi connectivity index (χ2n) is 4.98. The van der Waals surface area contributed by atoms with E-state index in [1.165, 1.54) is 7.11 Å². The van der Waals surface area contributed by atoms with Gasteiger partial charge in [0.1, 0.15) is 23.7 Å². The zero-order valence-electron chi connectivity index (χ0n) is 13.8. The van der Waals surface area contributed by atoms with Gasteiger partial charge in [-0.05, 0) is 24.5 Å². The molecule has 0 aromatic heterocycles. The van der Waals surface area contributed by atoms with Crippen LogP contribution in [-0.2, 0) is 9.78 Å². The number of hydrogen-bond acceptors (Lipinski definition) is 5. The second kappa shape index (κ2) is 10.1. The molecule has 0 saturated carbocycles. The fourth-order valence-electron chi connectivity index (χ4n) is 2.00. The highest BCUT2D eigenvalue weighted by atomic mass is 17.2. The fourth-order valence-corrected chi connectivity index (χ4v) is 2.00. The van der Waals surface area contributed by atoms with Crippen molar-refractivity contribution in [1.29, 1.82) is 0 Å². The molecule has 1 radical (unpaired) electrons. The van der Waals surface area contributed by atoms with Gasteiger partial charge < -0.3 is 9.47 Å². The van der Waals surface area contributed by atoms with Crippen LogP contribution in [0.4, 0.5) is 0 Å². The molecule has 1 aromatic rings. The lowest BCUT2D eigenvalue weighted by Gasteiger charge is -2.13. The van der Waals surface area contributed by atoms with E-state index in [1.54, 1.807) is 31.9 Å². The number of carbonyl (C=O) groups excluding carboxylic acids is 1. The zero-order valence-corrected chi connectivity index (χ0v) is 13.8. The van der Waals surface area contributed by atoms with Crippen molar-refractivity contribution in [2.24, 2.45) is 5.92 Å². The first-order valence-electron chi connectivity index (χ1n) is 7.59. The van der Waals surface area contributed by atoms with E-state index in [0.717, 1.165) is 25.7 Å². The van der Waals surface area contributed by atoms with Crippen LogP contribution in [0.3, 0.4) is 0 Å². The quantitative estimate of drug-likeness (QED) is 0.479. The Morgan fingerprint density at radius 3 is 2.59 bits per heavy atom. The van der Waals surface area contributed by atoms with Crippen LogP contribution in [0.25, 0.3) is 0 Å². The summed E-state index contributed by atoms with van der Waals surface area (Å²) in [7, 11) is 3.03. The highest BCUT2D eigenvalue weighted by molar-refractivity contribution is 5.92. The number of carbonyl (C=O) groups is 1.